The van der Waals surface area contributed by atoms with Crippen molar-refractivity contribution in [3.63, 3.8) is 0 Å². The highest BCUT2D eigenvalue weighted by molar-refractivity contribution is 5.94. The van der Waals surface area contributed by atoms with Crippen LogP contribution in [-0.2, 0) is 0 Å². The summed E-state index contributed by atoms with van der Waals surface area (Å²) in [5.41, 5.74) is 9.73. The molecule has 10 nitrogen and oxygen atoms in total. The zero-order chi connectivity index (χ0) is 27.7. The lowest BCUT2D eigenvalue weighted by molar-refractivity contribution is 0.0698. The third-order valence-corrected chi connectivity index (χ3v) is 6.50. The third kappa shape index (κ3) is 4.85. The maximum Gasteiger partial charge on any atom is 0.337 e. The van der Waals surface area contributed by atoms with Gasteiger partial charge in [0.15, 0.2) is 22.7 Å². The van der Waals surface area contributed by atoms with Gasteiger partial charge in [-0.3, -0.25) is 9.80 Å². The van der Waals surface area contributed by atoms with Gasteiger partial charge in [0.25, 0.3) is 0 Å². The largest absolute Gasteiger partial charge is 0.493 e. The highest BCUT2D eigenvalue weighted by Crippen LogP contribution is 2.36. The van der Waals surface area contributed by atoms with E-state index in [1.165, 1.54) is 6.07 Å². The second-order valence-electron chi connectivity index (χ2n) is 9.08. The lowest BCUT2D eigenvalue weighted by Crippen LogP contribution is -2.37. The van der Waals surface area contributed by atoms with Gasteiger partial charge in [0.2, 0.25) is 0 Å². The smallest absolute Gasteiger partial charge is 0.337 e. The number of fused-ring (bicyclic) bond motifs is 1. The van der Waals surface area contributed by atoms with Crippen molar-refractivity contribution in [2.75, 3.05) is 24.5 Å². The number of carboxylic acids is 1. The van der Waals surface area contributed by atoms with Gasteiger partial charge < -0.3 is 29.7 Å². The minimum absolute atomic E-state index is 0.155. The number of rotatable bonds is 8. The highest BCUT2D eigenvalue weighted by atomic mass is 16.5. The zero-order valence-electron chi connectivity index (χ0n) is 21.9. The van der Waals surface area contributed by atoms with Gasteiger partial charge in [0.05, 0.1) is 36.9 Å². The van der Waals surface area contributed by atoms with Crippen molar-refractivity contribution in [2.24, 2.45) is 0 Å². The van der Waals surface area contributed by atoms with E-state index < -0.39 is 5.97 Å². The third-order valence-electron chi connectivity index (χ3n) is 6.50. The number of carboxylic acid groups (broad SMARTS) is 1. The molecule has 1 atom stereocenters. The Kier molecular flexibility index (Phi) is 6.86. The molecule has 0 amide bonds. The Bertz CT molecular complexity index is 1660. The van der Waals surface area contributed by atoms with Crippen LogP contribution in [0.5, 0.6) is 11.5 Å². The van der Waals surface area contributed by atoms with E-state index in [1.807, 2.05) is 26.0 Å². The molecule has 0 bridgehead atoms. The number of hydrazine groups is 2. The molecule has 5 rings (SSSR count). The van der Waals surface area contributed by atoms with E-state index in [0.29, 0.717) is 39.6 Å². The van der Waals surface area contributed by atoms with Gasteiger partial charge in [-0.1, -0.05) is 18.2 Å². The Morgan fingerprint density at radius 2 is 1.82 bits per heavy atom. The molecule has 0 fully saturated rings. The molecule has 1 aliphatic rings. The molecule has 0 saturated heterocycles. The molecule has 1 unspecified atom stereocenters. The fraction of sp³-hybridized carbons (Fsp3) is 0.172. The molecule has 0 radical (unpaired) electrons. The Morgan fingerprint density at radius 1 is 1.05 bits per heavy atom. The number of hydrogen-bond donors (Lipinski definition) is 4. The van der Waals surface area contributed by atoms with Crippen LogP contribution in [0.15, 0.2) is 76.1 Å². The summed E-state index contributed by atoms with van der Waals surface area (Å²) in [5, 5.41) is 15.0. The average molecular weight is 529 g/mol. The number of methoxy groups -OCH3 is 2. The lowest BCUT2D eigenvalue weighted by Gasteiger charge is -2.23. The second-order valence-corrected chi connectivity index (χ2v) is 9.08. The minimum atomic E-state index is -1.03. The number of aromatic carboxylic acids is 1. The molecule has 0 spiro atoms. The molecular formula is C29H28N4O6. The summed E-state index contributed by atoms with van der Waals surface area (Å²) >= 11 is 0. The fourth-order valence-electron chi connectivity index (χ4n) is 4.63. The van der Waals surface area contributed by atoms with Gasteiger partial charge in [0.1, 0.15) is 11.3 Å². The van der Waals surface area contributed by atoms with Gasteiger partial charge in [-0.2, -0.15) is 0 Å². The summed E-state index contributed by atoms with van der Waals surface area (Å²) in [4.78, 5) is 25.1. The van der Waals surface area contributed by atoms with Crippen molar-refractivity contribution >= 4 is 34.0 Å². The molecule has 10 heteroatoms. The van der Waals surface area contributed by atoms with Crippen LogP contribution in [0.1, 0.15) is 40.2 Å². The van der Waals surface area contributed by atoms with Crippen molar-refractivity contribution in [2.45, 2.75) is 19.9 Å². The van der Waals surface area contributed by atoms with Crippen LogP contribution in [0.2, 0.25) is 0 Å². The standard InChI is InChI=1S/C29H28N4O6/c1-16-11-20(17(2)31-22-8-6-5-7-19(22)29(35)36)28-21(12-16)24(34)14-26(39-28)23-15-30-32-33(23)18-9-10-25(37-3)27(13-18)38-4/h5-15,17,30-32H,1-4H3,(H,35,36). The number of nitrogens with one attached hydrogen (secondary N) is 3. The monoisotopic (exact) mass is 528 g/mol. The number of hydrogen-bond acceptors (Lipinski definition) is 9. The molecule has 4 aromatic rings. The first-order chi connectivity index (χ1) is 18.8. The number of ether oxygens (including phenoxy) is 2. The molecule has 1 aliphatic heterocycles. The van der Waals surface area contributed by atoms with Crippen molar-refractivity contribution in [3.05, 3.63) is 99.5 Å². The molecule has 4 N–H and O–H groups in total. The van der Waals surface area contributed by atoms with Gasteiger partial charge in [-0.05, 0) is 49.7 Å². The van der Waals surface area contributed by atoms with E-state index in [0.717, 1.165) is 16.8 Å². The van der Waals surface area contributed by atoms with Crippen LogP contribution in [0.3, 0.4) is 0 Å². The summed E-state index contributed by atoms with van der Waals surface area (Å²) < 4.78 is 17.2. The predicted octanol–water partition coefficient (Wildman–Crippen LogP) is 4.82. The molecule has 39 heavy (non-hydrogen) atoms. The van der Waals surface area contributed by atoms with Gasteiger partial charge in [-0.15, -0.1) is 5.53 Å². The lowest BCUT2D eigenvalue weighted by atomic mass is 10.0. The quantitative estimate of drug-likeness (QED) is 0.253. The molecule has 3 aromatic carbocycles. The summed E-state index contributed by atoms with van der Waals surface area (Å²) in [7, 11) is 3.13. The van der Waals surface area contributed by atoms with Crippen LogP contribution >= 0.6 is 0 Å². The van der Waals surface area contributed by atoms with Gasteiger partial charge >= 0.3 is 5.97 Å². The number of anilines is 2. The summed E-state index contributed by atoms with van der Waals surface area (Å²) in [6.07, 6.45) is 1.69. The van der Waals surface area contributed by atoms with Crippen LogP contribution in [0.4, 0.5) is 11.4 Å². The minimum Gasteiger partial charge on any atom is -0.493 e. The van der Waals surface area contributed by atoms with Crippen molar-refractivity contribution < 1.29 is 23.8 Å². The van der Waals surface area contributed by atoms with Crippen LogP contribution in [0, 0.1) is 6.92 Å². The average Bonchev–Trinajstić information content (AvgIpc) is 3.43. The number of aryl methyl sites for hydroxylation is 1. The van der Waals surface area contributed by atoms with Crippen molar-refractivity contribution in [1.29, 1.82) is 0 Å². The topological polar surface area (TPSA) is 125 Å². The Hall–Kier alpha value is -4.96. The number of nitrogens with zero attached hydrogens (tertiary/aromatic N) is 1. The maximum atomic E-state index is 13.3. The Morgan fingerprint density at radius 3 is 2.56 bits per heavy atom. The van der Waals surface area contributed by atoms with Crippen LogP contribution in [0.25, 0.3) is 16.7 Å². The second kappa shape index (κ2) is 10.4. The van der Waals surface area contributed by atoms with E-state index in [2.05, 4.69) is 16.3 Å². The number of carbonyl (C=O) groups is 1. The summed E-state index contributed by atoms with van der Waals surface area (Å²) in [6, 6.07) is 16.9. The molecule has 200 valence electrons. The number of para-hydroxylation sites is 1. The van der Waals surface area contributed by atoms with E-state index in [9.17, 15) is 14.7 Å². The van der Waals surface area contributed by atoms with E-state index in [1.54, 1.807) is 67.9 Å². The normalized spacial score (nSPS) is 13.5. The zero-order valence-corrected chi connectivity index (χ0v) is 21.9. The predicted molar refractivity (Wildman–Crippen MR) is 149 cm³/mol. The molecule has 0 aliphatic carbocycles. The summed E-state index contributed by atoms with van der Waals surface area (Å²) in [6.45, 7) is 3.80. The molecule has 2 heterocycles. The first-order valence-corrected chi connectivity index (χ1v) is 12.2. The maximum absolute atomic E-state index is 13.3. The first-order valence-electron chi connectivity index (χ1n) is 12.2. The fourth-order valence-corrected chi connectivity index (χ4v) is 4.63. The Balaban J connectivity index is 1.57. The van der Waals surface area contributed by atoms with E-state index >= 15 is 0 Å². The van der Waals surface area contributed by atoms with Crippen molar-refractivity contribution in [3.8, 4) is 11.5 Å². The number of benzene rings is 3. The highest BCUT2D eigenvalue weighted by Gasteiger charge is 2.24. The molecule has 1 aromatic heterocycles. The van der Waals surface area contributed by atoms with Gasteiger partial charge in [-0.25, -0.2) is 4.79 Å². The Labute approximate surface area is 224 Å². The summed E-state index contributed by atoms with van der Waals surface area (Å²) in [5.74, 6) is 0.434. The first kappa shape index (κ1) is 25.7. The molecular weight excluding hydrogens is 500 g/mol. The van der Waals surface area contributed by atoms with E-state index in [-0.39, 0.29) is 17.0 Å². The van der Waals surface area contributed by atoms with E-state index in [4.69, 9.17) is 13.9 Å². The van der Waals surface area contributed by atoms with Gasteiger partial charge in [0, 0.05) is 29.6 Å². The van der Waals surface area contributed by atoms with Crippen LogP contribution < -0.4 is 36.2 Å². The SMILES string of the molecule is COc1ccc(N2NNC=C2c2cc(=O)c3cc(C)cc(C(C)Nc4ccccc4C(=O)O)c3o2)cc1OC. The van der Waals surface area contributed by atoms with Crippen LogP contribution in [-0.4, -0.2) is 25.3 Å². The van der Waals surface area contributed by atoms with Crippen molar-refractivity contribution in [1.82, 2.24) is 11.0 Å². The molecule has 0 saturated carbocycles.